The summed E-state index contributed by atoms with van der Waals surface area (Å²) < 4.78 is 5.27. The van der Waals surface area contributed by atoms with E-state index in [-0.39, 0.29) is 13.0 Å². The largest absolute Gasteiger partial charge is 0.480 e. The van der Waals surface area contributed by atoms with Gasteiger partial charge in [0.05, 0.1) is 0 Å². The summed E-state index contributed by atoms with van der Waals surface area (Å²) in [6, 6.07) is 8.56. The van der Waals surface area contributed by atoms with Crippen LogP contribution in [0.15, 0.2) is 30.3 Å². The van der Waals surface area contributed by atoms with Crippen LogP contribution in [-0.4, -0.2) is 41.1 Å². The molecule has 0 spiro atoms. The van der Waals surface area contributed by atoms with E-state index in [2.05, 4.69) is 5.32 Å². The van der Waals surface area contributed by atoms with Crippen LogP contribution in [0.25, 0.3) is 0 Å². The highest BCUT2D eigenvalue weighted by Gasteiger charge is 2.44. The van der Waals surface area contributed by atoms with Gasteiger partial charge in [0.2, 0.25) is 5.91 Å². The number of esters is 1. The number of ether oxygens (including phenoxy) is 1. The van der Waals surface area contributed by atoms with Crippen LogP contribution in [0.3, 0.4) is 0 Å². The van der Waals surface area contributed by atoms with Crippen molar-refractivity contribution in [2.75, 3.05) is 6.54 Å². The van der Waals surface area contributed by atoms with E-state index in [9.17, 15) is 19.5 Å². The van der Waals surface area contributed by atoms with Crippen LogP contribution in [0.1, 0.15) is 46.1 Å². The summed E-state index contributed by atoms with van der Waals surface area (Å²) in [4.78, 5) is 36.5. The summed E-state index contributed by atoms with van der Waals surface area (Å²) in [5.41, 5.74) is 4.30. The van der Waals surface area contributed by atoms with Crippen LogP contribution in [0, 0.1) is 5.41 Å². The molecule has 0 aliphatic heterocycles. The van der Waals surface area contributed by atoms with Crippen molar-refractivity contribution < 1.29 is 24.2 Å². The highest BCUT2D eigenvalue weighted by molar-refractivity contribution is 6.03. The number of benzene rings is 1. The summed E-state index contributed by atoms with van der Waals surface area (Å²) in [6.45, 7) is 6.12. The van der Waals surface area contributed by atoms with Crippen molar-refractivity contribution in [3.05, 3.63) is 35.9 Å². The molecule has 0 aliphatic carbocycles. The molecule has 27 heavy (non-hydrogen) atoms. The van der Waals surface area contributed by atoms with Crippen molar-refractivity contribution in [3.63, 3.8) is 0 Å². The molecule has 0 fully saturated rings. The Balaban J connectivity index is 2.74. The summed E-state index contributed by atoms with van der Waals surface area (Å²) >= 11 is 0. The maximum Gasteiger partial charge on any atom is 0.326 e. The molecule has 2 atom stereocenters. The van der Waals surface area contributed by atoms with Gasteiger partial charge in [-0.2, -0.15) is 0 Å². The van der Waals surface area contributed by atoms with Gasteiger partial charge in [0, 0.05) is 6.54 Å². The van der Waals surface area contributed by atoms with Crippen LogP contribution in [-0.2, 0) is 25.5 Å². The molecule has 0 saturated heterocycles. The van der Waals surface area contributed by atoms with Crippen molar-refractivity contribution in [2.45, 2.75) is 58.6 Å². The van der Waals surface area contributed by atoms with Gasteiger partial charge in [-0.1, -0.05) is 30.3 Å². The molecular weight excluding hydrogens is 348 g/mol. The van der Waals surface area contributed by atoms with E-state index in [0.29, 0.717) is 12.8 Å². The van der Waals surface area contributed by atoms with Gasteiger partial charge in [0.25, 0.3) is 0 Å². The average Bonchev–Trinajstić information content (AvgIpc) is 2.59. The number of carboxylic acids is 1. The fourth-order valence-electron chi connectivity index (χ4n) is 2.39. The molecule has 1 rings (SSSR count). The molecule has 2 unspecified atom stereocenters. The number of hydrogen-bond acceptors (Lipinski definition) is 5. The molecule has 0 bridgehead atoms. The Morgan fingerprint density at radius 2 is 1.74 bits per heavy atom. The third-order valence-corrected chi connectivity index (χ3v) is 4.16. The minimum absolute atomic E-state index is 0.241. The topological polar surface area (TPSA) is 119 Å². The Morgan fingerprint density at radius 3 is 2.22 bits per heavy atom. The van der Waals surface area contributed by atoms with Gasteiger partial charge in [0.1, 0.15) is 11.6 Å². The predicted molar refractivity (Wildman–Crippen MR) is 102 cm³/mol. The first-order chi connectivity index (χ1) is 12.5. The van der Waals surface area contributed by atoms with E-state index in [0.717, 1.165) is 5.56 Å². The smallest absolute Gasteiger partial charge is 0.326 e. The standard InChI is InChI=1S/C20H30N2O5/c1-19(2,3)27-18(26)20(4,13-21)17(25)22-15(16(23)24)12-8-11-14-9-6-5-7-10-14/h5-7,9-10,15H,8,11-13,21H2,1-4H3,(H,22,25)(H,23,24). The molecule has 7 heteroatoms. The Morgan fingerprint density at radius 1 is 1.15 bits per heavy atom. The predicted octanol–water partition coefficient (Wildman–Crippen LogP) is 1.89. The van der Waals surface area contributed by atoms with Gasteiger partial charge >= 0.3 is 11.9 Å². The van der Waals surface area contributed by atoms with Crippen LogP contribution in [0.5, 0.6) is 0 Å². The number of amides is 1. The van der Waals surface area contributed by atoms with Crippen molar-refractivity contribution >= 4 is 17.8 Å². The minimum atomic E-state index is -1.65. The zero-order valence-electron chi connectivity index (χ0n) is 16.5. The molecule has 0 radical (unpaired) electrons. The third-order valence-electron chi connectivity index (χ3n) is 4.16. The van der Waals surface area contributed by atoms with Crippen molar-refractivity contribution in [3.8, 4) is 0 Å². The third kappa shape index (κ3) is 7.02. The molecular formula is C20H30N2O5. The highest BCUT2D eigenvalue weighted by atomic mass is 16.6. The fourth-order valence-corrected chi connectivity index (χ4v) is 2.39. The second kappa shape index (κ2) is 9.50. The molecule has 150 valence electrons. The number of aliphatic carboxylic acids is 1. The molecule has 0 aromatic heterocycles. The number of nitrogens with one attached hydrogen (secondary N) is 1. The van der Waals surface area contributed by atoms with Crippen LogP contribution < -0.4 is 11.1 Å². The SMILES string of the molecule is CC(C)(C)OC(=O)C(C)(CN)C(=O)NC(CCCc1ccccc1)C(=O)O. The Labute approximate surface area is 160 Å². The van der Waals surface area contributed by atoms with E-state index in [1.165, 1.54) is 6.92 Å². The lowest BCUT2D eigenvalue weighted by atomic mass is 9.88. The molecule has 0 heterocycles. The van der Waals surface area contributed by atoms with E-state index in [1.54, 1.807) is 20.8 Å². The van der Waals surface area contributed by atoms with Gasteiger partial charge < -0.3 is 20.9 Å². The summed E-state index contributed by atoms with van der Waals surface area (Å²) in [5.74, 6) is -2.67. The summed E-state index contributed by atoms with van der Waals surface area (Å²) in [6.07, 6.45) is 1.51. The monoisotopic (exact) mass is 378 g/mol. The molecule has 1 amide bonds. The van der Waals surface area contributed by atoms with Crippen molar-refractivity contribution in [2.24, 2.45) is 11.1 Å². The molecule has 7 nitrogen and oxygen atoms in total. The van der Waals surface area contributed by atoms with Crippen LogP contribution in [0.4, 0.5) is 0 Å². The number of rotatable bonds is 9. The van der Waals surface area contributed by atoms with Crippen molar-refractivity contribution in [1.82, 2.24) is 5.32 Å². The van der Waals surface area contributed by atoms with Crippen molar-refractivity contribution in [1.29, 1.82) is 0 Å². The zero-order valence-corrected chi connectivity index (χ0v) is 16.5. The van der Waals surface area contributed by atoms with E-state index in [1.807, 2.05) is 30.3 Å². The molecule has 1 aromatic rings. The molecule has 4 N–H and O–H groups in total. The molecule has 0 aliphatic rings. The van der Waals surface area contributed by atoms with Gasteiger partial charge in [0.15, 0.2) is 5.41 Å². The summed E-state index contributed by atoms with van der Waals surface area (Å²) in [7, 11) is 0. The second-order valence-electron chi connectivity index (χ2n) is 7.78. The minimum Gasteiger partial charge on any atom is -0.480 e. The lowest BCUT2D eigenvalue weighted by Crippen LogP contribution is -2.55. The average molecular weight is 378 g/mol. The van der Waals surface area contributed by atoms with E-state index < -0.39 is 34.9 Å². The number of aryl methyl sites for hydroxylation is 1. The Bertz CT molecular complexity index is 654. The first-order valence-electron chi connectivity index (χ1n) is 9.01. The molecule has 1 aromatic carbocycles. The number of hydrogen-bond donors (Lipinski definition) is 3. The highest BCUT2D eigenvalue weighted by Crippen LogP contribution is 2.22. The maximum atomic E-state index is 12.6. The van der Waals surface area contributed by atoms with Gasteiger partial charge in [-0.25, -0.2) is 4.79 Å². The lowest BCUT2D eigenvalue weighted by Gasteiger charge is -2.30. The molecule has 0 saturated carbocycles. The van der Waals surface area contributed by atoms with Gasteiger partial charge in [-0.05, 0) is 52.5 Å². The number of carbonyl (C=O) groups is 3. The number of carbonyl (C=O) groups excluding carboxylic acids is 2. The second-order valence-corrected chi connectivity index (χ2v) is 7.78. The first kappa shape index (κ1) is 22.6. The first-order valence-corrected chi connectivity index (χ1v) is 9.01. The van der Waals surface area contributed by atoms with Gasteiger partial charge in [-0.15, -0.1) is 0 Å². The fraction of sp³-hybridized carbons (Fsp3) is 0.550. The van der Waals surface area contributed by atoms with Crippen LogP contribution >= 0.6 is 0 Å². The quantitative estimate of drug-likeness (QED) is 0.446. The summed E-state index contributed by atoms with van der Waals surface area (Å²) in [5, 5.41) is 11.9. The van der Waals surface area contributed by atoms with E-state index >= 15 is 0 Å². The Kier molecular flexibility index (Phi) is 7.97. The normalized spacial score (nSPS) is 14.7. The zero-order chi connectivity index (χ0) is 20.7. The number of nitrogens with two attached hydrogens (primary N) is 1. The number of carboxylic acid groups (broad SMARTS) is 1. The van der Waals surface area contributed by atoms with E-state index in [4.69, 9.17) is 10.5 Å². The van der Waals surface area contributed by atoms with Crippen LogP contribution in [0.2, 0.25) is 0 Å². The van der Waals surface area contributed by atoms with Gasteiger partial charge in [-0.3, -0.25) is 9.59 Å². The maximum absolute atomic E-state index is 12.6. The lowest BCUT2D eigenvalue weighted by molar-refractivity contribution is -0.170. The Hall–Kier alpha value is -2.41.